The molecule has 82 valence electrons. The molecule has 0 bridgehead atoms. The van der Waals surface area contributed by atoms with Crippen molar-refractivity contribution in [2.45, 2.75) is 25.3 Å². The minimum atomic E-state index is -0.512. The van der Waals surface area contributed by atoms with Gasteiger partial charge in [0.1, 0.15) is 0 Å². The minimum Gasteiger partial charge on any atom is -0.315 e. The highest BCUT2D eigenvalue weighted by Crippen LogP contribution is 2.16. The summed E-state index contributed by atoms with van der Waals surface area (Å²) in [6.07, 6.45) is 3.55. The van der Waals surface area contributed by atoms with Crippen molar-refractivity contribution in [2.24, 2.45) is 0 Å². The van der Waals surface area contributed by atoms with Crippen LogP contribution in [0.2, 0.25) is 0 Å². The second-order valence-electron chi connectivity index (χ2n) is 4.22. The van der Waals surface area contributed by atoms with Crippen LogP contribution in [0.5, 0.6) is 0 Å². The van der Waals surface area contributed by atoms with Gasteiger partial charge in [-0.25, -0.2) is 0 Å². The van der Waals surface area contributed by atoms with Gasteiger partial charge in [0.15, 0.2) is 0 Å². The van der Waals surface area contributed by atoms with E-state index in [9.17, 15) is 4.21 Å². The van der Waals surface area contributed by atoms with Crippen molar-refractivity contribution >= 4 is 10.8 Å². The molecule has 2 aliphatic heterocycles. The van der Waals surface area contributed by atoms with Gasteiger partial charge in [0.25, 0.3) is 0 Å². The monoisotopic (exact) mass is 216 g/mol. The van der Waals surface area contributed by atoms with Gasteiger partial charge in [-0.3, -0.25) is 9.11 Å². The Morgan fingerprint density at radius 1 is 1.14 bits per heavy atom. The van der Waals surface area contributed by atoms with Gasteiger partial charge in [0.05, 0.1) is 0 Å². The first-order valence-electron chi connectivity index (χ1n) is 5.66. The number of nitrogens with one attached hydrogen (secondary N) is 1. The van der Waals surface area contributed by atoms with Gasteiger partial charge in [-0.15, -0.1) is 0 Å². The van der Waals surface area contributed by atoms with Crippen LogP contribution in [0.1, 0.15) is 19.3 Å². The van der Waals surface area contributed by atoms with Crippen molar-refractivity contribution in [3.05, 3.63) is 0 Å². The molecule has 3 nitrogen and oxygen atoms in total. The standard InChI is InChI=1S/C10H20N2OS/c13-14-8-2-10(3-9-14)12-6-1-4-11-5-7-12/h10-11H,1-9H2. The normalized spacial score (nSPS) is 36.6. The molecule has 0 aliphatic carbocycles. The van der Waals surface area contributed by atoms with E-state index in [4.69, 9.17) is 0 Å². The van der Waals surface area contributed by atoms with E-state index in [2.05, 4.69) is 10.2 Å². The average molecular weight is 216 g/mol. The van der Waals surface area contributed by atoms with Crippen LogP contribution in [0.4, 0.5) is 0 Å². The van der Waals surface area contributed by atoms with Gasteiger partial charge in [-0.05, 0) is 32.4 Å². The van der Waals surface area contributed by atoms with E-state index in [1.807, 2.05) is 0 Å². The maximum atomic E-state index is 11.2. The van der Waals surface area contributed by atoms with Gasteiger partial charge >= 0.3 is 0 Å². The lowest BCUT2D eigenvalue weighted by atomic mass is 10.1. The van der Waals surface area contributed by atoms with Crippen LogP contribution in [0, 0.1) is 0 Å². The van der Waals surface area contributed by atoms with Crippen molar-refractivity contribution in [3.63, 3.8) is 0 Å². The third kappa shape index (κ3) is 2.78. The molecule has 0 atom stereocenters. The zero-order chi connectivity index (χ0) is 9.80. The van der Waals surface area contributed by atoms with Gasteiger partial charge in [0.2, 0.25) is 0 Å². The Hall–Kier alpha value is 0.0700. The molecule has 2 aliphatic rings. The molecule has 2 rings (SSSR count). The van der Waals surface area contributed by atoms with Crippen molar-refractivity contribution in [2.75, 3.05) is 37.7 Å². The molecule has 4 heteroatoms. The predicted octanol–water partition coefficient (Wildman–Crippen LogP) is 0.193. The molecule has 0 spiro atoms. The lowest BCUT2D eigenvalue weighted by Gasteiger charge is -2.32. The number of hydrogen-bond acceptors (Lipinski definition) is 3. The summed E-state index contributed by atoms with van der Waals surface area (Å²) in [7, 11) is -0.512. The molecule has 0 unspecified atom stereocenters. The van der Waals surface area contributed by atoms with Crippen LogP contribution in [-0.2, 0) is 10.8 Å². The Morgan fingerprint density at radius 2 is 1.93 bits per heavy atom. The Bertz CT molecular complexity index is 192. The van der Waals surface area contributed by atoms with Crippen LogP contribution in [0.3, 0.4) is 0 Å². The number of rotatable bonds is 1. The van der Waals surface area contributed by atoms with Crippen LogP contribution in [0.15, 0.2) is 0 Å². The van der Waals surface area contributed by atoms with E-state index in [0.29, 0.717) is 6.04 Å². The summed E-state index contributed by atoms with van der Waals surface area (Å²) >= 11 is 0. The molecule has 0 aromatic carbocycles. The Labute approximate surface area is 88.7 Å². The second kappa shape index (κ2) is 5.24. The average Bonchev–Trinajstić information content (AvgIpc) is 2.47. The van der Waals surface area contributed by atoms with Gasteiger partial charge < -0.3 is 5.32 Å². The first-order chi connectivity index (χ1) is 6.86. The molecule has 0 aromatic rings. The highest BCUT2D eigenvalue weighted by atomic mass is 32.2. The smallest absolute Gasteiger partial charge is 0.0249 e. The highest BCUT2D eigenvalue weighted by Gasteiger charge is 2.23. The van der Waals surface area contributed by atoms with Gasteiger partial charge in [0, 0.05) is 41.4 Å². The van der Waals surface area contributed by atoms with Crippen molar-refractivity contribution in [1.82, 2.24) is 10.2 Å². The summed E-state index contributed by atoms with van der Waals surface area (Å²) in [5.74, 6) is 1.85. The van der Waals surface area contributed by atoms with Gasteiger partial charge in [-0.2, -0.15) is 0 Å². The third-order valence-electron chi connectivity index (χ3n) is 3.25. The predicted molar refractivity (Wildman–Crippen MR) is 60.0 cm³/mol. The first kappa shape index (κ1) is 10.6. The summed E-state index contributed by atoms with van der Waals surface area (Å²) < 4.78 is 11.2. The second-order valence-corrected chi connectivity index (χ2v) is 5.91. The van der Waals surface area contributed by atoms with E-state index in [1.54, 1.807) is 0 Å². The van der Waals surface area contributed by atoms with E-state index < -0.39 is 10.8 Å². The summed E-state index contributed by atoms with van der Waals surface area (Å²) in [4.78, 5) is 2.59. The van der Waals surface area contributed by atoms with E-state index in [1.165, 1.54) is 19.5 Å². The third-order valence-corrected chi connectivity index (χ3v) is 4.63. The zero-order valence-electron chi connectivity index (χ0n) is 8.71. The summed E-state index contributed by atoms with van der Waals surface area (Å²) in [6, 6.07) is 0.715. The molecular weight excluding hydrogens is 196 g/mol. The number of hydrogen-bond donors (Lipinski definition) is 1. The van der Waals surface area contributed by atoms with Crippen molar-refractivity contribution in [3.8, 4) is 0 Å². The quantitative estimate of drug-likeness (QED) is 0.679. The maximum Gasteiger partial charge on any atom is 0.0249 e. The highest BCUT2D eigenvalue weighted by molar-refractivity contribution is 7.85. The molecule has 2 saturated heterocycles. The lowest BCUT2D eigenvalue weighted by Crippen LogP contribution is -2.41. The zero-order valence-corrected chi connectivity index (χ0v) is 9.52. The lowest BCUT2D eigenvalue weighted by molar-refractivity contribution is 0.197. The minimum absolute atomic E-state index is 0.512. The fraction of sp³-hybridized carbons (Fsp3) is 1.00. The molecule has 0 aromatic heterocycles. The largest absolute Gasteiger partial charge is 0.315 e. The fourth-order valence-electron chi connectivity index (χ4n) is 2.38. The van der Waals surface area contributed by atoms with Crippen LogP contribution in [0.25, 0.3) is 0 Å². The molecule has 0 amide bonds. The Balaban J connectivity index is 1.83. The molecule has 0 radical (unpaired) electrons. The van der Waals surface area contributed by atoms with Crippen molar-refractivity contribution in [1.29, 1.82) is 0 Å². The van der Waals surface area contributed by atoms with E-state index in [-0.39, 0.29) is 0 Å². The molecule has 2 heterocycles. The molecule has 14 heavy (non-hydrogen) atoms. The number of nitrogens with zero attached hydrogens (tertiary/aromatic N) is 1. The molecular formula is C10H20N2OS. The molecule has 1 N–H and O–H groups in total. The fourth-order valence-corrected chi connectivity index (χ4v) is 3.65. The SMILES string of the molecule is O=S1CCC(N2CCCNCC2)CC1. The summed E-state index contributed by atoms with van der Waals surface area (Å²) in [6.45, 7) is 4.69. The van der Waals surface area contributed by atoms with Crippen LogP contribution in [-0.4, -0.2) is 52.8 Å². The van der Waals surface area contributed by atoms with Gasteiger partial charge in [-0.1, -0.05) is 0 Å². The maximum absolute atomic E-state index is 11.2. The van der Waals surface area contributed by atoms with E-state index >= 15 is 0 Å². The molecule has 2 fully saturated rings. The van der Waals surface area contributed by atoms with Crippen molar-refractivity contribution < 1.29 is 4.21 Å². The van der Waals surface area contributed by atoms with Crippen LogP contribution < -0.4 is 5.32 Å². The first-order valence-corrected chi connectivity index (χ1v) is 7.15. The molecule has 0 saturated carbocycles. The van der Waals surface area contributed by atoms with E-state index in [0.717, 1.165) is 37.4 Å². The summed E-state index contributed by atoms with van der Waals surface area (Å²) in [5.41, 5.74) is 0. The Morgan fingerprint density at radius 3 is 2.71 bits per heavy atom. The summed E-state index contributed by atoms with van der Waals surface area (Å²) in [5, 5.41) is 3.42. The topological polar surface area (TPSA) is 32.3 Å². The Kier molecular flexibility index (Phi) is 3.96. The van der Waals surface area contributed by atoms with Crippen LogP contribution >= 0.6 is 0 Å².